The number of nitrogens with one attached hydrogen (secondary N) is 2. The first kappa shape index (κ1) is 22.7. The third-order valence-electron chi connectivity index (χ3n) is 7.45. The van der Waals surface area contributed by atoms with E-state index in [1.807, 2.05) is 0 Å². The molecule has 1 fully saturated rings. The topological polar surface area (TPSA) is 73.0 Å². The Kier molecular flexibility index (Phi) is 6.14. The van der Waals surface area contributed by atoms with Crippen molar-refractivity contribution < 1.29 is 0 Å². The predicted octanol–water partition coefficient (Wildman–Crippen LogP) is 3.91. The molecule has 2 N–H and O–H groups in total. The number of H-pyrrole nitrogens is 1. The average Bonchev–Trinajstić information content (AvgIpc) is 3.54. The molecule has 1 atom stereocenters. The number of hydrogen-bond donors (Lipinski definition) is 2. The van der Waals surface area contributed by atoms with Gasteiger partial charge in [0.15, 0.2) is 5.65 Å². The Hall–Kier alpha value is -3.73. The van der Waals surface area contributed by atoms with Crippen molar-refractivity contribution in [3.63, 3.8) is 0 Å². The molecule has 3 heterocycles. The smallest absolute Gasteiger partial charge is 0.174 e. The summed E-state index contributed by atoms with van der Waals surface area (Å²) in [6.07, 6.45) is 5.74. The molecule has 4 aromatic rings. The molecule has 1 aliphatic carbocycles. The molecular formula is C29H31N7. The van der Waals surface area contributed by atoms with E-state index in [4.69, 9.17) is 0 Å². The summed E-state index contributed by atoms with van der Waals surface area (Å²) < 4.78 is 0. The summed E-state index contributed by atoms with van der Waals surface area (Å²) >= 11 is 0. The van der Waals surface area contributed by atoms with Crippen LogP contribution in [0.3, 0.4) is 0 Å². The maximum Gasteiger partial charge on any atom is 0.174 e. The quantitative estimate of drug-likeness (QED) is 0.434. The number of piperazine rings is 1. The third-order valence-corrected chi connectivity index (χ3v) is 7.45. The van der Waals surface area contributed by atoms with Gasteiger partial charge in [-0.2, -0.15) is 5.10 Å². The van der Waals surface area contributed by atoms with E-state index in [0.29, 0.717) is 17.4 Å². The van der Waals surface area contributed by atoms with E-state index in [1.165, 1.54) is 61.4 Å². The molecule has 0 bridgehead atoms. The highest BCUT2D eigenvalue weighted by atomic mass is 15.3. The fourth-order valence-electron chi connectivity index (χ4n) is 5.26. The molecule has 7 nitrogen and oxygen atoms in total. The summed E-state index contributed by atoms with van der Waals surface area (Å²) in [7, 11) is 2.22. The molecule has 2 aromatic carbocycles. The Balaban J connectivity index is 1.13. The third kappa shape index (κ3) is 4.70. The minimum Gasteiger partial charge on any atom is -0.381 e. The Labute approximate surface area is 212 Å². The van der Waals surface area contributed by atoms with E-state index in [0.717, 1.165) is 23.2 Å². The molecular weight excluding hydrogens is 446 g/mol. The summed E-state index contributed by atoms with van der Waals surface area (Å²) in [6, 6.07) is 14.0. The molecule has 0 amide bonds. The van der Waals surface area contributed by atoms with Gasteiger partial charge in [0, 0.05) is 50.0 Å². The van der Waals surface area contributed by atoms with E-state index in [1.54, 1.807) is 12.4 Å². The number of hydrogen-bond acceptors (Lipinski definition) is 6. The van der Waals surface area contributed by atoms with Gasteiger partial charge in [0.25, 0.3) is 0 Å². The van der Waals surface area contributed by atoms with E-state index in [-0.39, 0.29) is 0 Å². The zero-order valence-electron chi connectivity index (χ0n) is 20.9. The maximum atomic E-state index is 4.50. The van der Waals surface area contributed by atoms with Gasteiger partial charge in [0.05, 0.1) is 12.4 Å². The monoisotopic (exact) mass is 477 g/mol. The minimum atomic E-state index is 0.583. The number of aromatic amines is 1. The van der Waals surface area contributed by atoms with Crippen molar-refractivity contribution in [2.24, 2.45) is 0 Å². The van der Waals surface area contributed by atoms with Gasteiger partial charge in [-0.3, -0.25) is 10.00 Å². The number of aryl methyl sites for hydroxylation is 2. The number of rotatable bonds is 4. The second-order valence-corrected chi connectivity index (χ2v) is 9.92. The number of aromatic nitrogens is 4. The Morgan fingerprint density at radius 3 is 2.83 bits per heavy atom. The molecule has 2 aromatic heterocycles. The van der Waals surface area contributed by atoms with Crippen LogP contribution in [0.5, 0.6) is 0 Å². The molecule has 0 spiro atoms. The highest BCUT2D eigenvalue weighted by molar-refractivity contribution is 5.68. The standard InChI is InChI=1S/C29H31N7/c1-20-3-4-21(15-22(20)5-7-25-18-31-29-27(33-25)19-32-34-29)17-30-24-8-9-26-23(16-24)6-10-28(26)36-13-11-35(2)12-14-36/h3-4,8-9,15-16,18-19,28,30H,6,10-14,17H2,1-2H3,(H,31,32,34). The molecule has 7 heteroatoms. The summed E-state index contributed by atoms with van der Waals surface area (Å²) in [4.78, 5) is 13.9. The Bertz CT molecular complexity index is 1450. The number of nitrogens with zero attached hydrogens (tertiary/aromatic N) is 5. The van der Waals surface area contributed by atoms with E-state index >= 15 is 0 Å². The summed E-state index contributed by atoms with van der Waals surface area (Å²) in [5, 5.41) is 10.4. The minimum absolute atomic E-state index is 0.583. The van der Waals surface area contributed by atoms with E-state index in [2.05, 4.69) is 97.5 Å². The Morgan fingerprint density at radius 1 is 1.06 bits per heavy atom. The Morgan fingerprint density at radius 2 is 1.94 bits per heavy atom. The largest absolute Gasteiger partial charge is 0.381 e. The van der Waals surface area contributed by atoms with Crippen LogP contribution < -0.4 is 5.32 Å². The van der Waals surface area contributed by atoms with Gasteiger partial charge >= 0.3 is 0 Å². The molecule has 0 radical (unpaired) electrons. The van der Waals surface area contributed by atoms with Crippen molar-refractivity contribution in [3.8, 4) is 11.8 Å². The highest BCUT2D eigenvalue weighted by Gasteiger charge is 2.29. The van der Waals surface area contributed by atoms with E-state index < -0.39 is 0 Å². The zero-order chi connectivity index (χ0) is 24.5. The second-order valence-electron chi connectivity index (χ2n) is 9.92. The molecule has 1 saturated heterocycles. The lowest BCUT2D eigenvalue weighted by molar-refractivity contribution is 0.111. The van der Waals surface area contributed by atoms with Gasteiger partial charge in [-0.05, 0) is 73.2 Å². The highest BCUT2D eigenvalue weighted by Crippen LogP contribution is 2.37. The first-order valence-electron chi connectivity index (χ1n) is 12.7. The van der Waals surface area contributed by atoms with Crippen LogP contribution in [-0.2, 0) is 13.0 Å². The van der Waals surface area contributed by atoms with Gasteiger partial charge in [-0.15, -0.1) is 0 Å². The number of benzene rings is 2. The molecule has 36 heavy (non-hydrogen) atoms. The van der Waals surface area contributed by atoms with Crippen LogP contribution in [0.4, 0.5) is 5.69 Å². The molecule has 6 rings (SSSR count). The van der Waals surface area contributed by atoms with Crippen molar-refractivity contribution in [1.82, 2.24) is 30.0 Å². The van der Waals surface area contributed by atoms with Crippen molar-refractivity contribution >= 4 is 16.9 Å². The van der Waals surface area contributed by atoms with E-state index in [9.17, 15) is 0 Å². The SMILES string of the molecule is Cc1ccc(CNc2ccc3c(c2)CCC3N2CCN(C)CC2)cc1C#Cc1cnc2[nH]ncc2n1. The van der Waals surface area contributed by atoms with Crippen molar-refractivity contribution in [2.75, 3.05) is 38.5 Å². The second kappa shape index (κ2) is 9.73. The molecule has 0 saturated carbocycles. The lowest BCUT2D eigenvalue weighted by Gasteiger charge is -2.36. The summed E-state index contributed by atoms with van der Waals surface area (Å²) in [6.45, 7) is 7.52. The molecule has 182 valence electrons. The summed E-state index contributed by atoms with van der Waals surface area (Å²) in [5.74, 6) is 6.43. The van der Waals surface area contributed by atoms with Crippen LogP contribution in [0.2, 0.25) is 0 Å². The van der Waals surface area contributed by atoms with Gasteiger partial charge in [-0.25, -0.2) is 9.97 Å². The van der Waals surface area contributed by atoms with Gasteiger partial charge in [0.1, 0.15) is 11.2 Å². The number of fused-ring (bicyclic) bond motifs is 2. The van der Waals surface area contributed by atoms with Gasteiger partial charge in [0.2, 0.25) is 0 Å². The predicted molar refractivity (Wildman–Crippen MR) is 143 cm³/mol. The average molecular weight is 478 g/mol. The normalized spacial score (nSPS) is 18.1. The fourth-order valence-corrected chi connectivity index (χ4v) is 5.26. The zero-order valence-corrected chi connectivity index (χ0v) is 20.9. The number of anilines is 1. The lowest BCUT2D eigenvalue weighted by atomic mass is 10.0. The van der Waals surface area contributed by atoms with Gasteiger partial charge in [-0.1, -0.05) is 24.1 Å². The van der Waals surface area contributed by atoms with Crippen molar-refractivity contribution in [1.29, 1.82) is 0 Å². The summed E-state index contributed by atoms with van der Waals surface area (Å²) in [5.41, 5.74) is 9.60. The molecule has 1 unspecified atom stereocenters. The van der Waals surface area contributed by atoms with Crippen LogP contribution in [0.15, 0.2) is 48.8 Å². The first-order chi connectivity index (χ1) is 17.6. The van der Waals surface area contributed by atoms with Crippen molar-refractivity contribution in [2.45, 2.75) is 32.4 Å². The lowest BCUT2D eigenvalue weighted by Crippen LogP contribution is -2.45. The first-order valence-corrected chi connectivity index (χ1v) is 12.7. The van der Waals surface area contributed by atoms with Crippen LogP contribution in [0, 0.1) is 18.8 Å². The van der Waals surface area contributed by atoms with Crippen LogP contribution in [0.1, 0.15) is 46.0 Å². The van der Waals surface area contributed by atoms with Crippen molar-refractivity contribution in [3.05, 3.63) is 82.3 Å². The molecule has 2 aliphatic rings. The van der Waals surface area contributed by atoms with Crippen LogP contribution in [0.25, 0.3) is 11.2 Å². The maximum absolute atomic E-state index is 4.50. The molecule has 1 aliphatic heterocycles. The van der Waals surface area contributed by atoms with Gasteiger partial charge < -0.3 is 10.2 Å². The fraction of sp³-hybridized carbons (Fsp3) is 0.345. The van der Waals surface area contributed by atoms with Crippen LogP contribution >= 0.6 is 0 Å². The number of likely N-dealkylation sites (N-methyl/N-ethyl adjacent to an activating group) is 1. The van der Waals surface area contributed by atoms with Crippen LogP contribution in [-0.4, -0.2) is 63.2 Å².